The van der Waals surface area contributed by atoms with Gasteiger partial charge < -0.3 is 24.4 Å². The number of carbonyl (C=O) groups excluding carboxylic acids is 1. The van der Waals surface area contributed by atoms with Gasteiger partial charge in [0.15, 0.2) is 0 Å². The number of benzene rings is 1. The topological polar surface area (TPSA) is 60.0 Å². The third-order valence-corrected chi connectivity index (χ3v) is 6.08. The third kappa shape index (κ3) is 4.55. The van der Waals surface area contributed by atoms with Crippen LogP contribution < -0.4 is 10.1 Å². The van der Waals surface area contributed by atoms with Gasteiger partial charge in [0.25, 0.3) is 0 Å². The second kappa shape index (κ2) is 8.48. The number of ether oxygens (including phenoxy) is 3. The van der Waals surface area contributed by atoms with E-state index in [0.717, 1.165) is 70.7 Å². The summed E-state index contributed by atoms with van der Waals surface area (Å²) >= 11 is 0. The molecule has 1 atom stereocenters. The van der Waals surface area contributed by atoms with Gasteiger partial charge in [-0.3, -0.25) is 0 Å². The Balaban J connectivity index is 1.37. The minimum Gasteiger partial charge on any atom is -0.489 e. The summed E-state index contributed by atoms with van der Waals surface area (Å²) in [4.78, 5) is 14.9. The fraction of sp³-hybridized carbons (Fsp3) is 0.667. The second-order valence-corrected chi connectivity index (χ2v) is 8.01. The van der Waals surface area contributed by atoms with Crippen molar-refractivity contribution < 1.29 is 19.0 Å². The lowest BCUT2D eigenvalue weighted by molar-refractivity contribution is -0.0175. The van der Waals surface area contributed by atoms with Gasteiger partial charge >= 0.3 is 6.03 Å². The first-order chi connectivity index (χ1) is 13.2. The van der Waals surface area contributed by atoms with Crippen molar-refractivity contribution in [1.82, 2.24) is 4.90 Å². The van der Waals surface area contributed by atoms with Crippen LogP contribution in [-0.2, 0) is 9.47 Å². The van der Waals surface area contributed by atoms with Crippen molar-refractivity contribution in [2.75, 3.05) is 44.8 Å². The zero-order valence-corrected chi connectivity index (χ0v) is 16.0. The van der Waals surface area contributed by atoms with Gasteiger partial charge in [-0.2, -0.15) is 0 Å². The summed E-state index contributed by atoms with van der Waals surface area (Å²) in [5, 5.41) is 3.07. The molecule has 3 heterocycles. The van der Waals surface area contributed by atoms with Crippen LogP contribution in [-0.4, -0.2) is 56.6 Å². The summed E-state index contributed by atoms with van der Waals surface area (Å²) in [6, 6.07) is 7.62. The van der Waals surface area contributed by atoms with E-state index in [1.54, 1.807) is 0 Å². The van der Waals surface area contributed by atoms with E-state index in [2.05, 4.69) is 5.32 Å². The normalized spacial score (nSPS) is 24.7. The van der Waals surface area contributed by atoms with Gasteiger partial charge in [0, 0.05) is 32.9 Å². The van der Waals surface area contributed by atoms with E-state index in [1.165, 1.54) is 6.42 Å². The molecule has 4 rings (SSSR count). The number of nitrogens with one attached hydrogen (secondary N) is 1. The van der Waals surface area contributed by atoms with E-state index in [0.29, 0.717) is 12.4 Å². The Morgan fingerprint density at radius 3 is 2.85 bits per heavy atom. The second-order valence-electron chi connectivity index (χ2n) is 8.01. The van der Waals surface area contributed by atoms with Gasteiger partial charge in [-0.15, -0.1) is 0 Å². The molecule has 3 fully saturated rings. The lowest BCUT2D eigenvalue weighted by Gasteiger charge is -2.45. The van der Waals surface area contributed by atoms with Crippen molar-refractivity contribution in [1.29, 1.82) is 0 Å². The van der Waals surface area contributed by atoms with Crippen LogP contribution in [0.25, 0.3) is 0 Å². The fourth-order valence-corrected chi connectivity index (χ4v) is 4.44. The smallest absolute Gasteiger partial charge is 0.321 e. The number of nitrogens with zero attached hydrogens (tertiary/aromatic N) is 1. The van der Waals surface area contributed by atoms with Crippen LogP contribution in [0.3, 0.4) is 0 Å². The molecule has 6 nitrogen and oxygen atoms in total. The van der Waals surface area contributed by atoms with E-state index in [9.17, 15) is 4.79 Å². The van der Waals surface area contributed by atoms with Crippen molar-refractivity contribution in [2.24, 2.45) is 5.41 Å². The molecular formula is C21H30N2O4. The molecule has 3 aliphatic rings. The molecule has 2 amide bonds. The molecule has 1 unspecified atom stereocenters. The van der Waals surface area contributed by atoms with E-state index in [1.807, 2.05) is 29.2 Å². The third-order valence-electron chi connectivity index (χ3n) is 6.08. The van der Waals surface area contributed by atoms with Gasteiger partial charge in [-0.25, -0.2) is 4.79 Å². The maximum atomic E-state index is 12.9. The van der Waals surface area contributed by atoms with Crippen LogP contribution in [0.1, 0.15) is 38.5 Å². The molecule has 0 saturated carbocycles. The minimum absolute atomic E-state index is 0.0336. The van der Waals surface area contributed by atoms with Crippen LogP contribution in [0.15, 0.2) is 24.3 Å². The summed E-state index contributed by atoms with van der Waals surface area (Å²) < 4.78 is 17.1. The highest BCUT2D eigenvalue weighted by Crippen LogP contribution is 2.39. The zero-order valence-electron chi connectivity index (χ0n) is 16.0. The van der Waals surface area contributed by atoms with E-state index >= 15 is 0 Å². The Morgan fingerprint density at radius 1 is 1.19 bits per heavy atom. The summed E-state index contributed by atoms with van der Waals surface area (Å²) in [6.07, 6.45) is 6.65. The highest BCUT2D eigenvalue weighted by molar-refractivity contribution is 5.91. The number of anilines is 1. The van der Waals surface area contributed by atoms with Crippen LogP contribution in [0, 0.1) is 5.41 Å². The summed E-state index contributed by atoms with van der Waals surface area (Å²) in [5.74, 6) is 0.708. The Bertz CT molecular complexity index is 633. The molecule has 148 valence electrons. The molecule has 0 aromatic heterocycles. The number of amides is 2. The Morgan fingerprint density at radius 2 is 2.04 bits per heavy atom. The summed E-state index contributed by atoms with van der Waals surface area (Å²) in [7, 11) is 0. The minimum atomic E-state index is -0.0336. The molecule has 1 aromatic rings. The maximum Gasteiger partial charge on any atom is 0.321 e. The standard InChI is InChI=1S/C21H30N2O4/c24-20(23-11-4-8-21(16-23)9-13-25-14-10-21)22-18-6-1-2-7-19(18)27-15-17-5-3-12-26-17/h1-2,6-7,17H,3-5,8-16H2,(H,22,24). The van der Waals surface area contributed by atoms with E-state index < -0.39 is 0 Å². The molecule has 0 aliphatic carbocycles. The van der Waals surface area contributed by atoms with Crippen LogP contribution in [0.2, 0.25) is 0 Å². The molecule has 3 aliphatic heterocycles. The van der Waals surface area contributed by atoms with Gasteiger partial charge in [-0.05, 0) is 56.1 Å². The predicted molar refractivity (Wildman–Crippen MR) is 103 cm³/mol. The van der Waals surface area contributed by atoms with Gasteiger partial charge in [0.1, 0.15) is 12.4 Å². The van der Waals surface area contributed by atoms with E-state index in [-0.39, 0.29) is 17.6 Å². The summed E-state index contributed by atoms with van der Waals surface area (Å²) in [6.45, 7) is 4.60. The lowest BCUT2D eigenvalue weighted by atomic mass is 9.74. The quantitative estimate of drug-likeness (QED) is 0.874. The van der Waals surface area contributed by atoms with Crippen molar-refractivity contribution in [3.8, 4) is 5.75 Å². The van der Waals surface area contributed by atoms with Crippen LogP contribution in [0.5, 0.6) is 5.75 Å². The average molecular weight is 374 g/mol. The van der Waals surface area contributed by atoms with Gasteiger partial charge in [-0.1, -0.05) is 12.1 Å². The molecule has 6 heteroatoms. The predicted octanol–water partition coefficient (Wildman–Crippen LogP) is 3.67. The number of rotatable bonds is 4. The van der Waals surface area contributed by atoms with Crippen molar-refractivity contribution in [2.45, 2.75) is 44.6 Å². The number of likely N-dealkylation sites (tertiary alicyclic amines) is 1. The highest BCUT2D eigenvalue weighted by Gasteiger charge is 2.38. The van der Waals surface area contributed by atoms with Crippen molar-refractivity contribution >= 4 is 11.7 Å². The SMILES string of the molecule is O=C(Nc1ccccc1OCC1CCCO1)N1CCCC2(CCOCC2)C1. The maximum absolute atomic E-state index is 12.9. The van der Waals surface area contributed by atoms with Crippen LogP contribution >= 0.6 is 0 Å². The average Bonchev–Trinajstić information content (AvgIpc) is 3.21. The number of urea groups is 1. The fourth-order valence-electron chi connectivity index (χ4n) is 4.44. The Kier molecular flexibility index (Phi) is 5.83. The van der Waals surface area contributed by atoms with Gasteiger partial charge in [0.05, 0.1) is 11.8 Å². The first kappa shape index (κ1) is 18.6. The molecule has 1 spiro atoms. The molecule has 1 N–H and O–H groups in total. The molecular weight excluding hydrogens is 344 g/mol. The highest BCUT2D eigenvalue weighted by atomic mass is 16.5. The lowest BCUT2D eigenvalue weighted by Crippen LogP contribution is -2.49. The first-order valence-corrected chi connectivity index (χ1v) is 10.2. The Hall–Kier alpha value is -1.79. The molecule has 27 heavy (non-hydrogen) atoms. The largest absolute Gasteiger partial charge is 0.489 e. The van der Waals surface area contributed by atoms with Crippen molar-refractivity contribution in [3.05, 3.63) is 24.3 Å². The van der Waals surface area contributed by atoms with Crippen molar-refractivity contribution in [3.63, 3.8) is 0 Å². The molecule has 0 bridgehead atoms. The number of hydrogen-bond donors (Lipinski definition) is 1. The number of para-hydroxylation sites is 2. The van der Waals surface area contributed by atoms with Crippen LogP contribution in [0.4, 0.5) is 10.5 Å². The zero-order chi connectivity index (χ0) is 18.5. The number of carbonyl (C=O) groups is 1. The first-order valence-electron chi connectivity index (χ1n) is 10.2. The monoisotopic (exact) mass is 374 g/mol. The van der Waals surface area contributed by atoms with Gasteiger partial charge in [0.2, 0.25) is 0 Å². The Labute approximate surface area is 161 Å². The summed E-state index contributed by atoms with van der Waals surface area (Å²) in [5.41, 5.74) is 0.969. The number of hydrogen-bond acceptors (Lipinski definition) is 4. The number of piperidine rings is 1. The van der Waals surface area contributed by atoms with E-state index in [4.69, 9.17) is 14.2 Å². The molecule has 0 radical (unpaired) electrons. The molecule has 3 saturated heterocycles. The molecule has 1 aromatic carbocycles.